The highest BCUT2D eigenvalue weighted by molar-refractivity contribution is 5.39. The van der Waals surface area contributed by atoms with Crippen molar-refractivity contribution in [3.05, 3.63) is 29.3 Å². The quantitative estimate of drug-likeness (QED) is 0.766. The van der Waals surface area contributed by atoms with E-state index in [-0.39, 0.29) is 11.9 Å². The molecule has 1 saturated carbocycles. The lowest BCUT2D eigenvalue weighted by atomic mass is 9.78. The number of fused-ring (bicyclic) bond motifs is 1. The van der Waals surface area contributed by atoms with Crippen LogP contribution in [0.3, 0.4) is 0 Å². The maximum absolute atomic E-state index is 13.7. The molecule has 1 atom stereocenters. The van der Waals surface area contributed by atoms with E-state index in [1.807, 2.05) is 0 Å². The molecule has 1 fully saturated rings. The highest BCUT2D eigenvalue weighted by atomic mass is 19.2. The van der Waals surface area contributed by atoms with Gasteiger partial charge in [0.2, 0.25) is 5.82 Å². The molecular weight excluding hydrogens is 246 g/mol. The van der Waals surface area contributed by atoms with E-state index in [4.69, 9.17) is 4.74 Å². The van der Waals surface area contributed by atoms with Gasteiger partial charge in [-0.05, 0) is 30.7 Å². The molecule has 0 aromatic heterocycles. The molecule has 1 aliphatic carbocycles. The number of hydrogen-bond donors (Lipinski definition) is 0. The molecule has 3 rings (SSSR count). The number of benzene rings is 1. The summed E-state index contributed by atoms with van der Waals surface area (Å²) in [7, 11) is 0. The van der Waals surface area contributed by atoms with Crippen molar-refractivity contribution in [1.82, 2.24) is 0 Å². The van der Waals surface area contributed by atoms with Gasteiger partial charge in [0.15, 0.2) is 11.6 Å². The van der Waals surface area contributed by atoms with Gasteiger partial charge in [-0.3, -0.25) is 0 Å². The molecule has 0 amide bonds. The van der Waals surface area contributed by atoms with Crippen LogP contribution < -0.4 is 4.74 Å². The third-order valence-electron chi connectivity index (χ3n) is 4.82. The summed E-state index contributed by atoms with van der Waals surface area (Å²) in [6.07, 6.45) is 6.82. The maximum Gasteiger partial charge on any atom is 0.200 e. The SMILES string of the molecule is CCC1CCC(C2Cc3ccc(F)c(F)c3O2)CC1. The Balaban J connectivity index is 1.69. The minimum Gasteiger partial charge on any atom is -0.486 e. The zero-order valence-electron chi connectivity index (χ0n) is 11.3. The summed E-state index contributed by atoms with van der Waals surface area (Å²) in [5.74, 6) is -0.133. The summed E-state index contributed by atoms with van der Waals surface area (Å²) >= 11 is 0. The largest absolute Gasteiger partial charge is 0.486 e. The van der Waals surface area contributed by atoms with Crippen LogP contribution in [0.4, 0.5) is 8.78 Å². The van der Waals surface area contributed by atoms with E-state index in [0.29, 0.717) is 5.92 Å². The number of hydrogen-bond acceptors (Lipinski definition) is 1. The van der Waals surface area contributed by atoms with Crippen molar-refractivity contribution < 1.29 is 13.5 Å². The molecule has 1 aromatic rings. The first-order chi connectivity index (χ1) is 9.19. The van der Waals surface area contributed by atoms with Crippen molar-refractivity contribution in [2.75, 3.05) is 0 Å². The van der Waals surface area contributed by atoms with Gasteiger partial charge in [-0.15, -0.1) is 0 Å². The molecule has 0 N–H and O–H groups in total. The Kier molecular flexibility index (Phi) is 3.46. The molecule has 1 heterocycles. The summed E-state index contributed by atoms with van der Waals surface area (Å²) in [6, 6.07) is 2.86. The molecule has 3 heteroatoms. The van der Waals surface area contributed by atoms with Gasteiger partial charge in [0.1, 0.15) is 6.10 Å². The average molecular weight is 266 g/mol. The third-order valence-corrected chi connectivity index (χ3v) is 4.82. The first kappa shape index (κ1) is 12.9. The predicted octanol–water partition coefficient (Wildman–Crippen LogP) is 4.48. The van der Waals surface area contributed by atoms with E-state index in [1.165, 1.54) is 25.3 Å². The fourth-order valence-corrected chi connectivity index (χ4v) is 3.50. The summed E-state index contributed by atoms with van der Waals surface area (Å²) in [5, 5.41) is 0. The smallest absolute Gasteiger partial charge is 0.200 e. The van der Waals surface area contributed by atoms with Gasteiger partial charge in [0.05, 0.1) is 0 Å². The van der Waals surface area contributed by atoms with Crippen LogP contribution in [0.2, 0.25) is 0 Å². The maximum atomic E-state index is 13.7. The number of halogens is 2. The molecule has 1 unspecified atom stereocenters. The average Bonchev–Trinajstić information content (AvgIpc) is 2.88. The summed E-state index contributed by atoms with van der Waals surface area (Å²) in [4.78, 5) is 0. The van der Waals surface area contributed by atoms with Gasteiger partial charge in [-0.1, -0.05) is 32.3 Å². The Hall–Kier alpha value is -1.12. The third kappa shape index (κ3) is 2.35. The van der Waals surface area contributed by atoms with E-state index in [9.17, 15) is 8.78 Å². The number of ether oxygens (including phenoxy) is 1. The molecule has 104 valence electrons. The molecule has 0 spiro atoms. The van der Waals surface area contributed by atoms with Gasteiger partial charge in [-0.25, -0.2) is 4.39 Å². The van der Waals surface area contributed by atoms with Crippen LogP contribution >= 0.6 is 0 Å². The van der Waals surface area contributed by atoms with Gasteiger partial charge in [-0.2, -0.15) is 4.39 Å². The van der Waals surface area contributed by atoms with Crippen molar-refractivity contribution in [2.45, 2.75) is 51.6 Å². The molecule has 0 bridgehead atoms. The van der Waals surface area contributed by atoms with Crippen LogP contribution in [0.5, 0.6) is 5.75 Å². The van der Waals surface area contributed by atoms with E-state index in [0.717, 1.165) is 30.7 Å². The van der Waals surface area contributed by atoms with E-state index in [1.54, 1.807) is 6.07 Å². The van der Waals surface area contributed by atoms with Gasteiger partial charge in [0, 0.05) is 12.0 Å². The molecule has 1 aliphatic heterocycles. The summed E-state index contributed by atoms with van der Waals surface area (Å²) in [6.45, 7) is 2.24. The minimum atomic E-state index is -0.817. The molecule has 0 radical (unpaired) electrons. The van der Waals surface area contributed by atoms with Crippen molar-refractivity contribution >= 4 is 0 Å². The summed E-state index contributed by atoms with van der Waals surface area (Å²) in [5.41, 5.74) is 0.821. The van der Waals surface area contributed by atoms with Crippen LogP contribution in [-0.4, -0.2) is 6.10 Å². The van der Waals surface area contributed by atoms with Crippen LogP contribution in [-0.2, 0) is 6.42 Å². The lowest BCUT2D eigenvalue weighted by Gasteiger charge is -2.31. The fourth-order valence-electron chi connectivity index (χ4n) is 3.50. The normalized spacial score (nSPS) is 29.9. The summed E-state index contributed by atoms with van der Waals surface area (Å²) < 4.78 is 32.6. The number of rotatable bonds is 2. The molecular formula is C16H20F2O. The minimum absolute atomic E-state index is 0.0455. The Morgan fingerprint density at radius 2 is 1.89 bits per heavy atom. The van der Waals surface area contributed by atoms with Crippen LogP contribution in [0.15, 0.2) is 12.1 Å². The Bertz CT molecular complexity index is 464. The highest BCUT2D eigenvalue weighted by Gasteiger charge is 2.35. The van der Waals surface area contributed by atoms with E-state index >= 15 is 0 Å². The van der Waals surface area contributed by atoms with Crippen LogP contribution in [0.1, 0.15) is 44.6 Å². The zero-order chi connectivity index (χ0) is 13.4. The second-order valence-electron chi connectivity index (χ2n) is 5.90. The van der Waals surface area contributed by atoms with Crippen molar-refractivity contribution in [1.29, 1.82) is 0 Å². The van der Waals surface area contributed by atoms with Crippen molar-refractivity contribution in [3.63, 3.8) is 0 Å². The highest BCUT2D eigenvalue weighted by Crippen LogP contribution is 2.40. The van der Waals surface area contributed by atoms with Crippen LogP contribution in [0, 0.1) is 23.5 Å². The first-order valence-electron chi connectivity index (χ1n) is 7.32. The Labute approximate surface area is 113 Å². The standard InChI is InChI=1S/C16H20F2O/c1-2-10-3-5-11(6-4-10)14-9-12-7-8-13(17)15(18)16(12)19-14/h7-8,10-11,14H,2-6,9H2,1H3. The van der Waals surface area contributed by atoms with Gasteiger partial charge >= 0.3 is 0 Å². The van der Waals surface area contributed by atoms with Crippen molar-refractivity contribution in [2.24, 2.45) is 11.8 Å². The molecule has 2 aliphatic rings. The zero-order valence-corrected chi connectivity index (χ0v) is 11.3. The molecule has 1 aromatic carbocycles. The van der Waals surface area contributed by atoms with Gasteiger partial charge in [0.25, 0.3) is 0 Å². The van der Waals surface area contributed by atoms with E-state index < -0.39 is 11.6 Å². The monoisotopic (exact) mass is 266 g/mol. The second kappa shape index (κ2) is 5.10. The fraction of sp³-hybridized carbons (Fsp3) is 0.625. The lowest BCUT2D eigenvalue weighted by Crippen LogP contribution is -2.29. The molecule has 19 heavy (non-hydrogen) atoms. The van der Waals surface area contributed by atoms with Crippen LogP contribution in [0.25, 0.3) is 0 Å². The lowest BCUT2D eigenvalue weighted by molar-refractivity contribution is 0.109. The van der Waals surface area contributed by atoms with E-state index in [2.05, 4.69) is 6.92 Å². The Morgan fingerprint density at radius 3 is 2.58 bits per heavy atom. The second-order valence-corrected chi connectivity index (χ2v) is 5.90. The predicted molar refractivity (Wildman–Crippen MR) is 70.2 cm³/mol. The van der Waals surface area contributed by atoms with Crippen molar-refractivity contribution in [3.8, 4) is 5.75 Å². The first-order valence-corrected chi connectivity index (χ1v) is 7.32. The molecule has 0 saturated heterocycles. The van der Waals surface area contributed by atoms with Gasteiger partial charge < -0.3 is 4.74 Å². The molecule has 1 nitrogen and oxygen atoms in total. The Morgan fingerprint density at radius 1 is 1.16 bits per heavy atom. The topological polar surface area (TPSA) is 9.23 Å².